The minimum absolute atomic E-state index is 0.0566. The van der Waals surface area contributed by atoms with Gasteiger partial charge in [0.2, 0.25) is 0 Å². The van der Waals surface area contributed by atoms with Gasteiger partial charge < -0.3 is 14.6 Å². The fourth-order valence-electron chi connectivity index (χ4n) is 3.74. The fraction of sp³-hybridized carbons (Fsp3) is 0.231. The van der Waals surface area contributed by atoms with Crippen LogP contribution in [-0.4, -0.2) is 28.6 Å². The van der Waals surface area contributed by atoms with E-state index in [1.807, 2.05) is 73.7 Å². The van der Waals surface area contributed by atoms with Crippen molar-refractivity contribution in [2.75, 3.05) is 13.2 Å². The Balaban J connectivity index is 1.39. The molecule has 0 fully saturated rings. The summed E-state index contributed by atoms with van der Waals surface area (Å²) in [6, 6.07) is 23.2. The maximum Gasteiger partial charge on any atom is 0.251 e. The van der Waals surface area contributed by atoms with Gasteiger partial charge in [0.25, 0.3) is 5.91 Å². The molecule has 0 aliphatic rings. The van der Waals surface area contributed by atoms with Crippen molar-refractivity contribution in [2.45, 2.75) is 26.3 Å². The maximum atomic E-state index is 12.5. The zero-order chi connectivity index (χ0) is 22.3. The van der Waals surface area contributed by atoms with E-state index in [4.69, 9.17) is 21.3 Å². The molecule has 0 aliphatic carbocycles. The molecule has 4 rings (SSSR count). The highest BCUT2D eigenvalue weighted by atomic mass is 35.5. The first kappa shape index (κ1) is 21.9. The predicted octanol–water partition coefficient (Wildman–Crippen LogP) is 5.44. The van der Waals surface area contributed by atoms with Crippen LogP contribution in [0.5, 0.6) is 5.75 Å². The van der Waals surface area contributed by atoms with Crippen LogP contribution in [0.25, 0.3) is 11.0 Å². The van der Waals surface area contributed by atoms with Gasteiger partial charge in [-0.3, -0.25) is 4.79 Å². The van der Waals surface area contributed by atoms with Gasteiger partial charge in [0.1, 0.15) is 11.6 Å². The lowest BCUT2D eigenvalue weighted by Crippen LogP contribution is -2.27. The second kappa shape index (κ2) is 10.3. The van der Waals surface area contributed by atoms with Crippen LogP contribution in [-0.2, 0) is 13.0 Å². The first-order chi connectivity index (χ1) is 15.6. The standard InChI is InChI=1S/C26H26ClN3O2/c1-19-9-2-3-10-20(19)26(31)28-16-15-25-29-22-12-5-6-13-23(22)30(25)17-8-18-32-24-14-7-4-11-21(24)27/h2-7,9-14H,8,15-18H2,1H3,(H,28,31). The molecule has 1 heterocycles. The molecule has 164 valence electrons. The highest BCUT2D eigenvalue weighted by molar-refractivity contribution is 6.32. The number of hydrogen-bond acceptors (Lipinski definition) is 3. The van der Waals surface area contributed by atoms with Gasteiger partial charge in [-0.05, 0) is 49.2 Å². The van der Waals surface area contributed by atoms with Crippen LogP contribution in [0, 0.1) is 6.92 Å². The van der Waals surface area contributed by atoms with Gasteiger partial charge in [0, 0.05) is 25.1 Å². The van der Waals surface area contributed by atoms with Crippen molar-refractivity contribution in [2.24, 2.45) is 0 Å². The third kappa shape index (κ3) is 5.11. The van der Waals surface area contributed by atoms with E-state index in [1.165, 1.54) is 0 Å². The second-order valence-electron chi connectivity index (χ2n) is 7.62. The van der Waals surface area contributed by atoms with E-state index in [9.17, 15) is 4.79 Å². The summed E-state index contributed by atoms with van der Waals surface area (Å²) in [4.78, 5) is 17.3. The molecule has 0 radical (unpaired) electrons. The number of para-hydroxylation sites is 3. The minimum atomic E-state index is -0.0566. The zero-order valence-corrected chi connectivity index (χ0v) is 18.8. The van der Waals surface area contributed by atoms with E-state index < -0.39 is 0 Å². The van der Waals surface area contributed by atoms with E-state index in [0.717, 1.165) is 35.4 Å². The SMILES string of the molecule is Cc1ccccc1C(=O)NCCc1nc2ccccc2n1CCCOc1ccccc1Cl. The molecule has 4 aromatic rings. The van der Waals surface area contributed by atoms with E-state index in [0.29, 0.717) is 35.9 Å². The molecule has 0 bridgehead atoms. The number of ether oxygens (including phenoxy) is 1. The molecule has 1 aromatic heterocycles. The molecule has 0 saturated heterocycles. The third-order valence-corrected chi connectivity index (χ3v) is 5.69. The monoisotopic (exact) mass is 447 g/mol. The predicted molar refractivity (Wildman–Crippen MR) is 129 cm³/mol. The van der Waals surface area contributed by atoms with Crippen molar-refractivity contribution in [1.29, 1.82) is 0 Å². The molecule has 6 heteroatoms. The number of amides is 1. The first-order valence-corrected chi connectivity index (χ1v) is 11.2. The number of halogens is 1. The van der Waals surface area contributed by atoms with Crippen molar-refractivity contribution in [3.8, 4) is 5.75 Å². The largest absolute Gasteiger partial charge is 0.492 e. The molecule has 0 aliphatic heterocycles. The first-order valence-electron chi connectivity index (χ1n) is 10.8. The second-order valence-corrected chi connectivity index (χ2v) is 8.03. The number of fused-ring (bicyclic) bond motifs is 1. The van der Waals surface area contributed by atoms with Crippen molar-refractivity contribution in [1.82, 2.24) is 14.9 Å². The highest BCUT2D eigenvalue weighted by Gasteiger charge is 2.12. The summed E-state index contributed by atoms with van der Waals surface area (Å²) < 4.78 is 8.05. The van der Waals surface area contributed by atoms with Crippen LogP contribution in [0.2, 0.25) is 5.02 Å². The van der Waals surface area contributed by atoms with Crippen LogP contribution < -0.4 is 10.1 Å². The van der Waals surface area contributed by atoms with Crippen molar-refractivity contribution >= 4 is 28.5 Å². The Morgan fingerprint density at radius 3 is 2.62 bits per heavy atom. The van der Waals surface area contributed by atoms with Gasteiger partial charge in [-0.2, -0.15) is 0 Å². The smallest absolute Gasteiger partial charge is 0.251 e. The quantitative estimate of drug-likeness (QED) is 0.347. The Morgan fingerprint density at radius 1 is 1.03 bits per heavy atom. The topological polar surface area (TPSA) is 56.2 Å². The maximum absolute atomic E-state index is 12.5. The average molecular weight is 448 g/mol. The van der Waals surface area contributed by atoms with Crippen LogP contribution >= 0.6 is 11.6 Å². The summed E-state index contributed by atoms with van der Waals surface area (Å²) in [7, 11) is 0. The number of aromatic nitrogens is 2. The molecule has 3 aromatic carbocycles. The van der Waals surface area contributed by atoms with Crippen LogP contribution in [0.1, 0.15) is 28.2 Å². The number of hydrogen-bond donors (Lipinski definition) is 1. The van der Waals surface area contributed by atoms with E-state index >= 15 is 0 Å². The minimum Gasteiger partial charge on any atom is -0.492 e. The lowest BCUT2D eigenvalue weighted by molar-refractivity contribution is 0.0953. The molecular formula is C26H26ClN3O2. The van der Waals surface area contributed by atoms with Gasteiger partial charge in [-0.1, -0.05) is 54.1 Å². The van der Waals surface area contributed by atoms with Gasteiger partial charge in [-0.25, -0.2) is 4.98 Å². The normalized spacial score (nSPS) is 10.9. The molecule has 1 amide bonds. The van der Waals surface area contributed by atoms with Gasteiger partial charge in [0.05, 0.1) is 22.7 Å². The Kier molecular flexibility index (Phi) is 7.07. The number of carbonyl (C=O) groups excluding carboxylic acids is 1. The number of rotatable bonds is 9. The molecule has 0 spiro atoms. The molecule has 0 saturated carbocycles. The third-order valence-electron chi connectivity index (χ3n) is 5.38. The molecule has 5 nitrogen and oxygen atoms in total. The highest BCUT2D eigenvalue weighted by Crippen LogP contribution is 2.23. The zero-order valence-electron chi connectivity index (χ0n) is 18.1. The number of imidazole rings is 1. The fourth-order valence-corrected chi connectivity index (χ4v) is 3.93. The Hall–Kier alpha value is -3.31. The molecule has 32 heavy (non-hydrogen) atoms. The van der Waals surface area contributed by atoms with Gasteiger partial charge in [0.15, 0.2) is 0 Å². The lowest BCUT2D eigenvalue weighted by Gasteiger charge is -2.12. The Morgan fingerprint density at radius 2 is 1.78 bits per heavy atom. The molecule has 1 N–H and O–H groups in total. The number of benzene rings is 3. The molecular weight excluding hydrogens is 422 g/mol. The van der Waals surface area contributed by atoms with Crippen LogP contribution in [0.4, 0.5) is 0 Å². The summed E-state index contributed by atoms with van der Waals surface area (Å²) in [6.45, 7) is 3.79. The van der Waals surface area contributed by atoms with E-state index in [-0.39, 0.29) is 5.91 Å². The van der Waals surface area contributed by atoms with Crippen molar-refractivity contribution in [3.63, 3.8) is 0 Å². The lowest BCUT2D eigenvalue weighted by atomic mass is 10.1. The van der Waals surface area contributed by atoms with Gasteiger partial charge >= 0.3 is 0 Å². The van der Waals surface area contributed by atoms with Crippen LogP contribution in [0.15, 0.2) is 72.8 Å². The number of carbonyl (C=O) groups is 1. The van der Waals surface area contributed by atoms with Crippen LogP contribution in [0.3, 0.4) is 0 Å². The summed E-state index contributed by atoms with van der Waals surface area (Å²) in [5, 5.41) is 3.64. The molecule has 0 unspecified atom stereocenters. The summed E-state index contributed by atoms with van der Waals surface area (Å²) >= 11 is 6.17. The Bertz CT molecular complexity index is 1220. The number of nitrogens with one attached hydrogen (secondary N) is 1. The molecule has 0 atom stereocenters. The van der Waals surface area contributed by atoms with Crippen molar-refractivity contribution < 1.29 is 9.53 Å². The summed E-state index contributed by atoms with van der Waals surface area (Å²) in [5.74, 6) is 1.59. The Labute approximate surface area is 193 Å². The van der Waals surface area contributed by atoms with Gasteiger partial charge in [-0.15, -0.1) is 0 Å². The van der Waals surface area contributed by atoms with E-state index in [2.05, 4.69) is 16.0 Å². The summed E-state index contributed by atoms with van der Waals surface area (Å²) in [6.07, 6.45) is 1.46. The number of aryl methyl sites for hydroxylation is 2. The van der Waals surface area contributed by atoms with Crippen molar-refractivity contribution in [3.05, 3.63) is 94.8 Å². The number of nitrogens with zero attached hydrogens (tertiary/aromatic N) is 2. The summed E-state index contributed by atoms with van der Waals surface area (Å²) in [5.41, 5.74) is 3.72. The van der Waals surface area contributed by atoms with E-state index in [1.54, 1.807) is 0 Å². The average Bonchev–Trinajstić information content (AvgIpc) is 3.15.